The van der Waals surface area contributed by atoms with Gasteiger partial charge in [0.1, 0.15) is 24.1 Å². The van der Waals surface area contributed by atoms with Gasteiger partial charge in [-0.15, -0.1) is 0 Å². The van der Waals surface area contributed by atoms with E-state index in [-0.39, 0.29) is 11.7 Å². The summed E-state index contributed by atoms with van der Waals surface area (Å²) in [7, 11) is 0. The Morgan fingerprint density at radius 2 is 1.75 bits per heavy atom. The maximum absolute atomic E-state index is 13.9. The monoisotopic (exact) mass is 403 g/mol. The number of halogens is 2. The normalized spacial score (nSPS) is 16.4. The number of carbonyl (C=O) groups excluding carboxylic acids is 1. The first kappa shape index (κ1) is 24.3. The molecular formula is C20H31F2NO5. The van der Waals surface area contributed by atoms with Gasteiger partial charge in [0, 0.05) is 6.07 Å². The van der Waals surface area contributed by atoms with Gasteiger partial charge < -0.3 is 19.3 Å². The van der Waals surface area contributed by atoms with E-state index in [4.69, 9.17) is 14.2 Å². The highest BCUT2D eigenvalue weighted by Gasteiger charge is 2.30. The number of aliphatic hydroxyl groups excluding tert-OH is 1. The lowest BCUT2D eigenvalue weighted by Crippen LogP contribution is -2.48. The molecule has 0 heterocycles. The van der Waals surface area contributed by atoms with Crippen LogP contribution in [0, 0.1) is 17.6 Å². The molecule has 1 unspecified atom stereocenters. The van der Waals surface area contributed by atoms with E-state index in [9.17, 15) is 18.7 Å². The molecule has 0 bridgehead atoms. The molecule has 0 spiro atoms. The second kappa shape index (κ2) is 10.1. The molecule has 0 radical (unpaired) electrons. The lowest BCUT2D eigenvalue weighted by molar-refractivity contribution is -0.191. The molecule has 160 valence electrons. The fourth-order valence-corrected chi connectivity index (χ4v) is 2.49. The topological polar surface area (TPSA) is 77.0 Å². The Kier molecular flexibility index (Phi) is 8.78. The van der Waals surface area contributed by atoms with Gasteiger partial charge in [-0.2, -0.15) is 0 Å². The molecule has 1 aromatic rings. The second-order valence-corrected chi connectivity index (χ2v) is 8.01. The molecular weight excluding hydrogens is 372 g/mol. The predicted molar refractivity (Wildman–Crippen MR) is 101 cm³/mol. The van der Waals surface area contributed by atoms with Crippen LogP contribution in [0.2, 0.25) is 0 Å². The molecule has 4 atom stereocenters. The van der Waals surface area contributed by atoms with Crippen molar-refractivity contribution in [3.05, 3.63) is 29.8 Å². The fourth-order valence-electron chi connectivity index (χ4n) is 2.49. The van der Waals surface area contributed by atoms with Crippen molar-refractivity contribution >= 4 is 5.97 Å². The first-order valence-electron chi connectivity index (χ1n) is 9.24. The van der Waals surface area contributed by atoms with Gasteiger partial charge in [-0.25, -0.2) is 8.78 Å². The summed E-state index contributed by atoms with van der Waals surface area (Å²) in [5, 5.41) is 12.4. The van der Waals surface area contributed by atoms with Crippen molar-refractivity contribution in [2.75, 3.05) is 0 Å². The van der Waals surface area contributed by atoms with Gasteiger partial charge in [0.15, 0.2) is 11.6 Å². The summed E-state index contributed by atoms with van der Waals surface area (Å²) >= 11 is 0. The van der Waals surface area contributed by atoms with Crippen molar-refractivity contribution in [2.24, 2.45) is 5.92 Å². The number of rotatable bonds is 9. The largest absolute Gasteiger partial charge is 0.483 e. The number of aliphatic hydroxyl groups is 1. The number of hydrogen-bond acceptors (Lipinski definition) is 6. The van der Waals surface area contributed by atoms with Crippen molar-refractivity contribution in [1.29, 1.82) is 0 Å². The molecule has 0 aliphatic rings. The second-order valence-electron chi connectivity index (χ2n) is 8.01. The molecule has 0 saturated heterocycles. The first-order valence-corrected chi connectivity index (χ1v) is 9.24. The van der Waals surface area contributed by atoms with Crippen molar-refractivity contribution < 1.29 is 32.9 Å². The van der Waals surface area contributed by atoms with Crippen molar-refractivity contribution in [3.63, 3.8) is 0 Å². The zero-order valence-corrected chi connectivity index (χ0v) is 17.5. The molecule has 0 aliphatic heterocycles. The Morgan fingerprint density at radius 1 is 1.14 bits per heavy atom. The molecule has 28 heavy (non-hydrogen) atoms. The highest BCUT2D eigenvalue weighted by molar-refractivity contribution is 5.75. The summed E-state index contributed by atoms with van der Waals surface area (Å²) in [6, 6.07) is 2.05. The van der Waals surface area contributed by atoms with Crippen LogP contribution >= 0.6 is 0 Å². The summed E-state index contributed by atoms with van der Waals surface area (Å²) in [6.45, 7) is 12.0. The van der Waals surface area contributed by atoms with Crippen LogP contribution in [0.25, 0.3) is 0 Å². The quantitative estimate of drug-likeness (QED) is 0.486. The van der Waals surface area contributed by atoms with Crippen LogP contribution in [-0.2, 0) is 14.3 Å². The van der Waals surface area contributed by atoms with Gasteiger partial charge in [0.25, 0.3) is 0 Å². The average molecular weight is 403 g/mol. The third-order valence-electron chi connectivity index (χ3n) is 3.79. The first-order chi connectivity index (χ1) is 12.8. The molecule has 0 fully saturated rings. The van der Waals surface area contributed by atoms with Crippen molar-refractivity contribution in [1.82, 2.24) is 5.32 Å². The van der Waals surface area contributed by atoms with E-state index in [1.165, 1.54) is 6.92 Å². The number of nitrogens with one attached hydrogen (secondary N) is 1. The predicted octanol–water partition coefficient (Wildman–Crippen LogP) is 3.37. The lowest BCUT2D eigenvalue weighted by atomic mass is 10.0. The smallest absolute Gasteiger partial charge is 0.323 e. The van der Waals surface area contributed by atoms with Crippen molar-refractivity contribution in [3.8, 4) is 5.75 Å². The van der Waals surface area contributed by atoms with E-state index < -0.39 is 47.9 Å². The number of benzene rings is 1. The average Bonchev–Trinajstić information content (AvgIpc) is 2.53. The van der Waals surface area contributed by atoms with Crippen LogP contribution < -0.4 is 10.1 Å². The van der Waals surface area contributed by atoms with Gasteiger partial charge in [0.05, 0.1) is 5.60 Å². The van der Waals surface area contributed by atoms with Gasteiger partial charge in [-0.3, -0.25) is 10.1 Å². The molecule has 0 amide bonds. The van der Waals surface area contributed by atoms with Gasteiger partial charge in [-0.1, -0.05) is 13.8 Å². The van der Waals surface area contributed by atoms with Crippen LogP contribution in [0.5, 0.6) is 5.75 Å². The third kappa shape index (κ3) is 8.08. The maximum atomic E-state index is 13.9. The number of carbonyl (C=O) groups is 1. The highest BCUT2D eigenvalue weighted by Crippen LogP contribution is 2.24. The summed E-state index contributed by atoms with van der Waals surface area (Å²) in [5.41, 5.74) is -0.602. The lowest BCUT2D eigenvalue weighted by Gasteiger charge is -2.30. The molecule has 1 rings (SSSR count). The Labute approximate surface area is 165 Å². The molecule has 8 heteroatoms. The molecule has 0 saturated carbocycles. The minimum Gasteiger partial charge on any atom is -0.483 e. The third-order valence-corrected chi connectivity index (χ3v) is 3.79. The molecule has 1 aromatic carbocycles. The van der Waals surface area contributed by atoms with Gasteiger partial charge in [0.2, 0.25) is 6.41 Å². The number of ether oxygens (including phenoxy) is 3. The fraction of sp³-hybridized carbons (Fsp3) is 0.650. The van der Waals surface area contributed by atoms with E-state index in [0.717, 1.165) is 18.2 Å². The van der Waals surface area contributed by atoms with Crippen LogP contribution in [0.15, 0.2) is 18.2 Å². The molecule has 0 aliphatic carbocycles. The Morgan fingerprint density at radius 3 is 2.29 bits per heavy atom. The van der Waals surface area contributed by atoms with Gasteiger partial charge in [-0.05, 0) is 52.7 Å². The van der Waals surface area contributed by atoms with Crippen molar-refractivity contribution in [2.45, 2.75) is 78.7 Å². The van der Waals surface area contributed by atoms with E-state index in [1.807, 2.05) is 13.8 Å². The summed E-state index contributed by atoms with van der Waals surface area (Å²) < 4.78 is 43.5. The maximum Gasteiger partial charge on any atom is 0.323 e. The summed E-state index contributed by atoms with van der Waals surface area (Å²) in [4.78, 5) is 12.3. The number of esters is 1. The minimum absolute atomic E-state index is 0.149. The summed E-state index contributed by atoms with van der Waals surface area (Å²) in [5.74, 6) is -2.37. The van der Waals surface area contributed by atoms with Crippen LogP contribution in [0.1, 0.15) is 48.5 Å². The SMILES string of the molecule is CC(C)[C@@H](Oc1cc(F)ccc1F)[C@H](C)OC(=O)[C@H](C)NC(O)OC(C)(C)C. The molecule has 0 aromatic heterocycles. The van der Waals surface area contributed by atoms with E-state index in [1.54, 1.807) is 27.7 Å². The van der Waals surface area contributed by atoms with Crippen LogP contribution in [-0.4, -0.2) is 41.3 Å². The summed E-state index contributed by atoms with van der Waals surface area (Å²) in [6.07, 6.45) is -2.81. The zero-order valence-electron chi connectivity index (χ0n) is 17.5. The molecule has 6 nitrogen and oxygen atoms in total. The van der Waals surface area contributed by atoms with Crippen LogP contribution in [0.3, 0.4) is 0 Å². The van der Waals surface area contributed by atoms with E-state index in [0.29, 0.717) is 0 Å². The Balaban J connectivity index is 2.73. The van der Waals surface area contributed by atoms with E-state index in [2.05, 4.69) is 5.32 Å². The highest BCUT2D eigenvalue weighted by atomic mass is 19.1. The Bertz CT molecular complexity index is 648. The standard InChI is InChI=1S/C20H31F2NO5/c1-11(2)17(27-16-10-14(21)8-9-15(16)22)13(4)26-18(24)12(3)23-19(25)28-20(5,6)7/h8-13,17,19,23,25H,1-7H3/t12-,13-,17+,19?/m0/s1. The van der Waals surface area contributed by atoms with E-state index >= 15 is 0 Å². The minimum atomic E-state index is -1.35. The van der Waals surface area contributed by atoms with Crippen LogP contribution in [0.4, 0.5) is 8.78 Å². The van der Waals surface area contributed by atoms with Gasteiger partial charge >= 0.3 is 5.97 Å². The molecule has 2 N–H and O–H groups in total. The zero-order chi connectivity index (χ0) is 21.6. The Hall–Kier alpha value is -1.77. The number of hydrogen-bond donors (Lipinski definition) is 2.